The largest absolute Gasteiger partial charge is 0.207 e. The molecule has 1 fully saturated rings. The Morgan fingerprint density at radius 3 is 1.86 bits per heavy atom. The van der Waals surface area contributed by atoms with Gasteiger partial charge in [-0.1, -0.05) is 96.5 Å². The van der Waals surface area contributed by atoms with Crippen LogP contribution < -0.4 is 5.19 Å². The maximum Gasteiger partial charge on any atom is 0.123 e. The Hall–Kier alpha value is -2.19. The fraction of sp³-hybridized carbons (Fsp3) is 0.308. The fourth-order valence-corrected chi connectivity index (χ4v) is 9.47. The second kappa shape index (κ2) is 8.04. The Labute approximate surface area is 169 Å². The third-order valence-corrected chi connectivity index (χ3v) is 12.2. The third-order valence-electron chi connectivity index (χ3n) is 6.84. The molecule has 0 bridgehead atoms. The quantitative estimate of drug-likeness (QED) is 0.420. The van der Waals surface area contributed by atoms with Crippen molar-refractivity contribution in [3.05, 3.63) is 89.7 Å². The van der Waals surface area contributed by atoms with Gasteiger partial charge < -0.3 is 0 Å². The van der Waals surface area contributed by atoms with Gasteiger partial charge in [-0.05, 0) is 54.5 Å². The molecule has 0 aliphatic carbocycles. The van der Waals surface area contributed by atoms with Gasteiger partial charge in [-0.25, -0.2) is 4.39 Å². The van der Waals surface area contributed by atoms with E-state index in [0.29, 0.717) is 5.92 Å². The van der Waals surface area contributed by atoms with E-state index in [1.54, 1.807) is 5.19 Å². The SMILES string of the molecule is CC[Si]1(c2ccc(C)cc2)CCC(c2ccc(-c3ccc(F)cc3)cc2)CC1. The monoisotopic (exact) mass is 388 g/mol. The molecule has 1 saturated heterocycles. The molecular weight excluding hydrogens is 359 g/mol. The molecule has 0 N–H and O–H groups in total. The number of benzene rings is 3. The number of rotatable bonds is 4. The molecule has 3 aromatic carbocycles. The predicted molar refractivity (Wildman–Crippen MR) is 120 cm³/mol. The lowest BCUT2D eigenvalue weighted by Gasteiger charge is -2.38. The lowest BCUT2D eigenvalue weighted by atomic mass is 9.92. The Morgan fingerprint density at radius 1 is 0.786 bits per heavy atom. The van der Waals surface area contributed by atoms with E-state index in [4.69, 9.17) is 0 Å². The van der Waals surface area contributed by atoms with Gasteiger partial charge in [0, 0.05) is 0 Å². The van der Waals surface area contributed by atoms with E-state index in [9.17, 15) is 4.39 Å². The van der Waals surface area contributed by atoms with Crippen molar-refractivity contribution in [1.82, 2.24) is 0 Å². The summed E-state index contributed by atoms with van der Waals surface area (Å²) in [6.07, 6.45) is 2.62. The maximum absolute atomic E-state index is 13.1. The van der Waals surface area contributed by atoms with Crippen molar-refractivity contribution in [2.24, 2.45) is 0 Å². The zero-order valence-corrected chi connectivity index (χ0v) is 17.9. The highest BCUT2D eigenvalue weighted by Crippen LogP contribution is 2.40. The van der Waals surface area contributed by atoms with E-state index in [0.717, 1.165) is 11.1 Å². The molecule has 0 atom stereocenters. The van der Waals surface area contributed by atoms with Gasteiger partial charge in [0.1, 0.15) is 5.82 Å². The third kappa shape index (κ3) is 3.84. The average molecular weight is 389 g/mol. The topological polar surface area (TPSA) is 0 Å². The van der Waals surface area contributed by atoms with Gasteiger partial charge in [0.2, 0.25) is 0 Å². The summed E-state index contributed by atoms with van der Waals surface area (Å²) < 4.78 is 13.1. The second-order valence-corrected chi connectivity index (χ2v) is 13.2. The Balaban J connectivity index is 1.47. The van der Waals surface area contributed by atoms with Crippen molar-refractivity contribution in [3.8, 4) is 11.1 Å². The van der Waals surface area contributed by atoms with E-state index >= 15 is 0 Å². The van der Waals surface area contributed by atoms with Crippen LogP contribution in [0.3, 0.4) is 0 Å². The molecule has 144 valence electrons. The molecule has 0 amide bonds. The second-order valence-electron chi connectivity index (χ2n) is 8.40. The summed E-state index contributed by atoms with van der Waals surface area (Å²) in [4.78, 5) is 0. The number of halogens is 1. The van der Waals surface area contributed by atoms with Gasteiger partial charge in [-0.2, -0.15) is 0 Å². The first-order chi connectivity index (χ1) is 13.6. The summed E-state index contributed by atoms with van der Waals surface area (Å²) in [5, 5.41) is 1.66. The van der Waals surface area contributed by atoms with Gasteiger partial charge in [0.05, 0.1) is 8.07 Å². The normalized spacial score (nSPS) is 22.2. The van der Waals surface area contributed by atoms with E-state index in [-0.39, 0.29) is 5.82 Å². The molecule has 4 rings (SSSR count). The number of hydrogen-bond acceptors (Lipinski definition) is 0. The molecule has 0 spiro atoms. The highest BCUT2D eigenvalue weighted by atomic mass is 28.3. The van der Waals surface area contributed by atoms with Crippen LogP contribution in [0, 0.1) is 12.7 Å². The Morgan fingerprint density at radius 2 is 1.32 bits per heavy atom. The van der Waals surface area contributed by atoms with Crippen LogP contribution in [0.5, 0.6) is 0 Å². The van der Waals surface area contributed by atoms with Crippen molar-refractivity contribution in [1.29, 1.82) is 0 Å². The zero-order chi connectivity index (χ0) is 19.6. The van der Waals surface area contributed by atoms with Crippen LogP contribution in [0.1, 0.15) is 36.8 Å². The lowest BCUT2D eigenvalue weighted by Crippen LogP contribution is -2.49. The molecule has 0 radical (unpaired) electrons. The zero-order valence-electron chi connectivity index (χ0n) is 16.9. The Kier molecular flexibility index (Phi) is 5.50. The van der Waals surface area contributed by atoms with Gasteiger partial charge in [0.15, 0.2) is 0 Å². The minimum Gasteiger partial charge on any atom is -0.207 e. The predicted octanol–water partition coefficient (Wildman–Crippen LogP) is 7.05. The van der Waals surface area contributed by atoms with E-state index in [2.05, 4.69) is 62.4 Å². The fourth-order valence-electron chi connectivity index (χ4n) is 4.85. The van der Waals surface area contributed by atoms with Crippen LogP contribution >= 0.6 is 0 Å². The molecule has 28 heavy (non-hydrogen) atoms. The molecule has 1 heterocycles. The van der Waals surface area contributed by atoms with Gasteiger partial charge >= 0.3 is 0 Å². The van der Waals surface area contributed by atoms with E-state index < -0.39 is 8.07 Å². The molecular formula is C26H29FSi. The van der Waals surface area contributed by atoms with Crippen molar-refractivity contribution >= 4 is 13.3 Å². The molecule has 0 nitrogen and oxygen atoms in total. The first-order valence-corrected chi connectivity index (χ1v) is 13.1. The summed E-state index contributed by atoms with van der Waals surface area (Å²) in [6.45, 7) is 4.58. The van der Waals surface area contributed by atoms with Gasteiger partial charge in [-0.3, -0.25) is 0 Å². The van der Waals surface area contributed by atoms with Crippen LogP contribution in [-0.2, 0) is 0 Å². The smallest absolute Gasteiger partial charge is 0.123 e. The van der Waals surface area contributed by atoms with Crippen LogP contribution in [0.25, 0.3) is 11.1 Å². The summed E-state index contributed by atoms with van der Waals surface area (Å²) in [7, 11) is -1.33. The molecule has 0 saturated carbocycles. The molecule has 1 aliphatic heterocycles. The van der Waals surface area contributed by atoms with Crippen molar-refractivity contribution in [3.63, 3.8) is 0 Å². The highest BCUT2D eigenvalue weighted by molar-refractivity contribution is 6.92. The van der Waals surface area contributed by atoms with E-state index in [1.165, 1.54) is 54.2 Å². The molecule has 0 unspecified atom stereocenters. The van der Waals surface area contributed by atoms with Crippen LogP contribution in [0.15, 0.2) is 72.8 Å². The first kappa shape index (κ1) is 19.1. The van der Waals surface area contributed by atoms with Gasteiger partial charge in [-0.15, -0.1) is 0 Å². The highest BCUT2D eigenvalue weighted by Gasteiger charge is 2.37. The summed E-state index contributed by atoms with van der Waals surface area (Å²) >= 11 is 0. The van der Waals surface area contributed by atoms with Crippen molar-refractivity contribution < 1.29 is 4.39 Å². The molecule has 0 aromatic heterocycles. The molecule has 1 aliphatic rings. The number of hydrogen-bond donors (Lipinski definition) is 0. The van der Waals surface area contributed by atoms with Crippen LogP contribution in [-0.4, -0.2) is 8.07 Å². The van der Waals surface area contributed by atoms with Crippen molar-refractivity contribution in [2.45, 2.75) is 50.7 Å². The van der Waals surface area contributed by atoms with Crippen LogP contribution in [0.2, 0.25) is 18.1 Å². The molecule has 3 aromatic rings. The lowest BCUT2D eigenvalue weighted by molar-refractivity contribution is 0.601. The van der Waals surface area contributed by atoms with Crippen LogP contribution in [0.4, 0.5) is 4.39 Å². The summed E-state index contributed by atoms with van der Waals surface area (Å²) in [5.41, 5.74) is 5.07. The standard InChI is InChI=1S/C26H29FSi/c1-3-28(26-14-4-20(2)5-15-26)18-16-24(17-19-28)22-8-6-21(7-9-22)23-10-12-25(27)13-11-23/h4-15,24H,3,16-19H2,1-2H3. The first-order valence-electron chi connectivity index (χ1n) is 10.5. The minimum absolute atomic E-state index is 0.181. The Bertz CT molecular complexity index is 902. The minimum atomic E-state index is -1.33. The van der Waals surface area contributed by atoms with E-state index in [1.807, 2.05) is 12.1 Å². The number of aryl methyl sites for hydroxylation is 1. The van der Waals surface area contributed by atoms with Crippen molar-refractivity contribution in [2.75, 3.05) is 0 Å². The summed E-state index contributed by atoms with van der Waals surface area (Å²) in [6, 6.07) is 29.3. The molecule has 2 heteroatoms. The van der Waals surface area contributed by atoms with Gasteiger partial charge in [0.25, 0.3) is 0 Å². The summed E-state index contributed by atoms with van der Waals surface area (Å²) in [5.74, 6) is 0.500. The average Bonchev–Trinajstić information content (AvgIpc) is 2.75. The maximum atomic E-state index is 13.1.